The van der Waals surface area contributed by atoms with Crippen LogP contribution in [0.5, 0.6) is 5.75 Å². The standard InChI is InChI=1S/C35H45N4O9P/c1-4-25(3)33(38-49(45,46)48-5-2)35(44)37-30(34(43)36-21-32(41)42)20-26-16-18-29(19-17-26)47-24-31(40)39(22-27-12-8-6-9-13-27)23-28-14-10-7-11-15-28/h6-19,25,30,33H,4-5,20-24H2,1-3H3,(H,36,43)(H,37,44)(H,41,42)(H2,38,45,46)/t25-,30-,33-/m0/s1. The zero-order chi connectivity index (χ0) is 35.8. The predicted molar refractivity (Wildman–Crippen MR) is 183 cm³/mol. The van der Waals surface area contributed by atoms with Gasteiger partial charge in [0.15, 0.2) is 6.61 Å². The molecular weight excluding hydrogens is 651 g/mol. The van der Waals surface area contributed by atoms with Crippen LogP contribution in [0.2, 0.25) is 0 Å². The van der Waals surface area contributed by atoms with Gasteiger partial charge in [0.2, 0.25) is 11.8 Å². The molecule has 0 spiro atoms. The van der Waals surface area contributed by atoms with E-state index in [1.165, 1.54) is 6.92 Å². The molecule has 0 saturated heterocycles. The van der Waals surface area contributed by atoms with Crippen LogP contribution in [0.15, 0.2) is 84.9 Å². The molecule has 0 aliphatic carbocycles. The molecule has 0 aliphatic heterocycles. The minimum Gasteiger partial charge on any atom is -0.484 e. The van der Waals surface area contributed by atoms with E-state index in [9.17, 15) is 28.6 Å². The number of carbonyl (C=O) groups excluding carboxylic acids is 3. The lowest BCUT2D eigenvalue weighted by Gasteiger charge is -2.27. The van der Waals surface area contributed by atoms with E-state index < -0.39 is 50.1 Å². The lowest BCUT2D eigenvalue weighted by atomic mass is 9.98. The maximum Gasteiger partial charge on any atom is 0.403 e. The van der Waals surface area contributed by atoms with Gasteiger partial charge < -0.3 is 30.3 Å². The fourth-order valence-electron chi connectivity index (χ4n) is 4.86. The van der Waals surface area contributed by atoms with Crippen molar-refractivity contribution in [1.82, 2.24) is 20.6 Å². The van der Waals surface area contributed by atoms with E-state index in [2.05, 4.69) is 15.7 Å². The fraction of sp³-hybridized carbons (Fsp3) is 0.371. The molecule has 14 heteroatoms. The van der Waals surface area contributed by atoms with Gasteiger partial charge in [0.25, 0.3) is 5.91 Å². The van der Waals surface area contributed by atoms with Crippen LogP contribution < -0.4 is 20.5 Å². The number of rotatable bonds is 20. The Labute approximate surface area is 286 Å². The van der Waals surface area contributed by atoms with Crippen molar-refractivity contribution in [3.05, 3.63) is 102 Å². The quantitative estimate of drug-likeness (QED) is 0.109. The van der Waals surface area contributed by atoms with E-state index in [1.54, 1.807) is 43.0 Å². The van der Waals surface area contributed by atoms with Crippen molar-refractivity contribution in [2.75, 3.05) is 19.8 Å². The Kier molecular flexibility index (Phi) is 15.4. The van der Waals surface area contributed by atoms with Crippen molar-refractivity contribution in [1.29, 1.82) is 0 Å². The van der Waals surface area contributed by atoms with E-state index in [0.717, 1.165) is 11.1 Å². The molecule has 3 rings (SSSR count). The minimum atomic E-state index is -4.32. The van der Waals surface area contributed by atoms with Crippen LogP contribution in [-0.2, 0) is 47.8 Å². The molecule has 4 atom stereocenters. The highest BCUT2D eigenvalue weighted by molar-refractivity contribution is 7.50. The van der Waals surface area contributed by atoms with Gasteiger partial charge in [0.05, 0.1) is 12.6 Å². The highest BCUT2D eigenvalue weighted by Gasteiger charge is 2.34. The third-order valence-electron chi connectivity index (χ3n) is 7.66. The van der Waals surface area contributed by atoms with Gasteiger partial charge in [-0.15, -0.1) is 0 Å². The maximum absolute atomic E-state index is 13.3. The number of hydrogen-bond donors (Lipinski definition) is 5. The van der Waals surface area contributed by atoms with Gasteiger partial charge in [-0.1, -0.05) is 93.1 Å². The van der Waals surface area contributed by atoms with Crippen molar-refractivity contribution in [2.24, 2.45) is 5.92 Å². The lowest BCUT2D eigenvalue weighted by molar-refractivity contribution is -0.138. The largest absolute Gasteiger partial charge is 0.484 e. The first kappa shape index (κ1) is 38.9. The Morgan fingerprint density at radius 2 is 1.41 bits per heavy atom. The van der Waals surface area contributed by atoms with E-state index in [4.69, 9.17) is 14.4 Å². The van der Waals surface area contributed by atoms with Crippen LogP contribution in [0.1, 0.15) is 43.9 Å². The third kappa shape index (κ3) is 13.5. The second-order valence-electron chi connectivity index (χ2n) is 11.5. The molecule has 49 heavy (non-hydrogen) atoms. The molecule has 3 aromatic rings. The van der Waals surface area contributed by atoms with Gasteiger partial charge in [-0.25, -0.2) is 9.65 Å². The van der Waals surface area contributed by atoms with Crippen LogP contribution in [0.4, 0.5) is 0 Å². The lowest BCUT2D eigenvalue weighted by Crippen LogP contribution is -2.55. The number of carboxylic acid groups (broad SMARTS) is 1. The molecule has 5 N–H and O–H groups in total. The highest BCUT2D eigenvalue weighted by Crippen LogP contribution is 2.38. The van der Waals surface area contributed by atoms with Crippen LogP contribution in [-0.4, -0.2) is 70.4 Å². The zero-order valence-electron chi connectivity index (χ0n) is 27.9. The Bertz CT molecular complexity index is 1520. The molecule has 0 aromatic heterocycles. The summed E-state index contributed by atoms with van der Waals surface area (Å²) in [4.78, 5) is 62.6. The summed E-state index contributed by atoms with van der Waals surface area (Å²) in [6.07, 6.45) is 0.432. The van der Waals surface area contributed by atoms with Crippen molar-refractivity contribution < 1.29 is 43.0 Å². The average Bonchev–Trinajstić information content (AvgIpc) is 3.09. The molecule has 0 saturated carbocycles. The molecule has 0 heterocycles. The third-order valence-corrected chi connectivity index (χ3v) is 8.87. The average molecular weight is 697 g/mol. The highest BCUT2D eigenvalue weighted by atomic mass is 31.2. The molecule has 0 radical (unpaired) electrons. The molecule has 0 aliphatic rings. The Hall–Kier alpha value is -4.55. The predicted octanol–water partition coefficient (Wildman–Crippen LogP) is 3.66. The molecule has 3 aromatic carbocycles. The van der Waals surface area contributed by atoms with Gasteiger partial charge >= 0.3 is 13.7 Å². The summed E-state index contributed by atoms with van der Waals surface area (Å²) >= 11 is 0. The number of carboxylic acids is 1. The van der Waals surface area contributed by atoms with Gasteiger partial charge in [-0.2, -0.15) is 0 Å². The molecule has 3 amide bonds. The topological polar surface area (TPSA) is 184 Å². The summed E-state index contributed by atoms with van der Waals surface area (Å²) in [5.41, 5.74) is 2.56. The molecule has 1 unspecified atom stereocenters. The van der Waals surface area contributed by atoms with Gasteiger partial charge in [0.1, 0.15) is 18.3 Å². The monoisotopic (exact) mass is 696 g/mol. The van der Waals surface area contributed by atoms with E-state index in [1.807, 2.05) is 60.7 Å². The van der Waals surface area contributed by atoms with Gasteiger partial charge in [-0.3, -0.25) is 23.7 Å². The number of amides is 3. The number of hydrogen-bond acceptors (Lipinski definition) is 7. The number of aliphatic carboxylic acids is 1. The molecular formula is C35H45N4O9P. The van der Waals surface area contributed by atoms with Gasteiger partial charge in [-0.05, 0) is 41.7 Å². The molecule has 264 valence electrons. The first-order valence-corrected chi connectivity index (χ1v) is 17.6. The summed E-state index contributed by atoms with van der Waals surface area (Å²) < 4.78 is 23.1. The number of ether oxygens (including phenoxy) is 1. The Morgan fingerprint density at radius 3 is 1.92 bits per heavy atom. The Balaban J connectivity index is 1.70. The summed E-state index contributed by atoms with van der Waals surface area (Å²) in [5, 5.41) is 16.3. The normalized spacial score (nSPS) is 14.0. The van der Waals surface area contributed by atoms with Crippen molar-refractivity contribution >= 4 is 31.4 Å². The number of carbonyl (C=O) groups is 4. The zero-order valence-corrected chi connectivity index (χ0v) is 28.8. The van der Waals surface area contributed by atoms with Crippen LogP contribution >= 0.6 is 7.75 Å². The van der Waals surface area contributed by atoms with E-state index in [-0.39, 0.29) is 25.5 Å². The summed E-state index contributed by atoms with van der Waals surface area (Å²) in [6, 6.07) is 23.5. The first-order chi connectivity index (χ1) is 23.4. The summed E-state index contributed by atoms with van der Waals surface area (Å²) in [6.45, 7) is 4.90. The second kappa shape index (κ2) is 19.4. The maximum atomic E-state index is 13.3. The number of benzene rings is 3. The second-order valence-corrected chi connectivity index (χ2v) is 13.0. The van der Waals surface area contributed by atoms with Crippen LogP contribution in [0.25, 0.3) is 0 Å². The van der Waals surface area contributed by atoms with Crippen molar-refractivity contribution in [2.45, 2.75) is 58.8 Å². The van der Waals surface area contributed by atoms with Crippen LogP contribution in [0, 0.1) is 5.92 Å². The number of nitrogens with zero attached hydrogens (tertiary/aromatic N) is 1. The minimum absolute atomic E-state index is 0.0339. The van der Waals surface area contributed by atoms with Crippen molar-refractivity contribution in [3.8, 4) is 5.75 Å². The summed E-state index contributed by atoms with van der Waals surface area (Å²) in [5.74, 6) is -2.97. The summed E-state index contributed by atoms with van der Waals surface area (Å²) in [7, 11) is -4.32. The SMILES string of the molecule is CCOP(=O)(O)N[C@H](C(=O)N[C@@H](Cc1ccc(OCC(=O)N(Cc2ccccc2)Cc2ccccc2)cc1)C(=O)NCC(=O)O)[C@@H](C)CC. The van der Waals surface area contributed by atoms with E-state index in [0.29, 0.717) is 30.8 Å². The van der Waals surface area contributed by atoms with Crippen LogP contribution in [0.3, 0.4) is 0 Å². The molecule has 0 fully saturated rings. The first-order valence-electron chi connectivity index (χ1n) is 16.0. The smallest absolute Gasteiger partial charge is 0.403 e. The molecule has 0 bridgehead atoms. The fourth-order valence-corrected chi connectivity index (χ4v) is 6.01. The van der Waals surface area contributed by atoms with Crippen molar-refractivity contribution in [3.63, 3.8) is 0 Å². The number of nitrogens with one attached hydrogen (secondary N) is 3. The Morgan fingerprint density at radius 1 is 0.837 bits per heavy atom. The molecule has 13 nitrogen and oxygen atoms in total. The van der Waals surface area contributed by atoms with Gasteiger partial charge in [0, 0.05) is 19.5 Å². The van der Waals surface area contributed by atoms with E-state index >= 15 is 0 Å².